The standard InChI is InChI=1S/C48H98N4O4/c1-10-14-16-18-32-52(33-19-17-15-11-2)46(53)26-23-39(5)44-25-24-40(6)48(44,9)45(56-36-22-31-51)38-41(37-43(13-4)55-35-21-30-50)47(7,8)28-27-42(12-3)54-34-20-29-49/h39-45H,10-38,49-51H2,1-9H3/t39-,40-,41-,42+,43-,44-,45+,48+/m1/s1. The minimum Gasteiger partial charge on any atom is -0.378 e. The Balaban J connectivity index is 3.37. The summed E-state index contributed by atoms with van der Waals surface area (Å²) in [5, 5.41) is 0. The lowest BCUT2D eigenvalue weighted by Crippen LogP contribution is -2.47. The first kappa shape index (κ1) is 53.2. The molecule has 8 atom stereocenters. The van der Waals surface area contributed by atoms with Crippen LogP contribution in [0.4, 0.5) is 0 Å². The third-order valence-corrected chi connectivity index (χ3v) is 14.1. The number of nitrogens with zero attached hydrogens (tertiary/aromatic N) is 1. The second-order valence-corrected chi connectivity index (χ2v) is 18.8. The van der Waals surface area contributed by atoms with Crippen LogP contribution < -0.4 is 17.2 Å². The fourth-order valence-electron chi connectivity index (χ4n) is 9.68. The van der Waals surface area contributed by atoms with Gasteiger partial charge in [0.05, 0.1) is 18.3 Å². The van der Waals surface area contributed by atoms with Crippen LogP contribution >= 0.6 is 0 Å². The molecule has 0 saturated heterocycles. The summed E-state index contributed by atoms with van der Waals surface area (Å²) in [4.78, 5) is 16.1. The summed E-state index contributed by atoms with van der Waals surface area (Å²) in [5.41, 5.74) is 17.8. The predicted molar refractivity (Wildman–Crippen MR) is 240 cm³/mol. The minimum absolute atomic E-state index is 0.00475. The Morgan fingerprint density at radius 2 is 1.27 bits per heavy atom. The van der Waals surface area contributed by atoms with Gasteiger partial charge in [0.1, 0.15) is 0 Å². The first-order valence-electron chi connectivity index (χ1n) is 24.1. The Labute approximate surface area is 348 Å². The highest BCUT2D eigenvalue weighted by Crippen LogP contribution is 2.56. The van der Waals surface area contributed by atoms with Crippen LogP contribution in [0.1, 0.15) is 197 Å². The Bertz CT molecular complexity index is 940. The summed E-state index contributed by atoms with van der Waals surface area (Å²) in [6, 6.07) is 0. The molecule has 1 aliphatic carbocycles. The van der Waals surface area contributed by atoms with Crippen LogP contribution in [0.25, 0.3) is 0 Å². The third-order valence-electron chi connectivity index (χ3n) is 14.1. The number of rotatable bonds is 37. The van der Waals surface area contributed by atoms with E-state index in [1.165, 1.54) is 51.4 Å². The third kappa shape index (κ3) is 19.5. The monoisotopic (exact) mass is 795 g/mol. The van der Waals surface area contributed by atoms with Gasteiger partial charge in [0.15, 0.2) is 0 Å². The molecule has 1 fully saturated rings. The van der Waals surface area contributed by atoms with Crippen LogP contribution in [0.15, 0.2) is 0 Å². The average molecular weight is 795 g/mol. The Kier molecular flexibility index (Phi) is 29.6. The number of ether oxygens (including phenoxy) is 3. The highest BCUT2D eigenvalue weighted by atomic mass is 16.5. The van der Waals surface area contributed by atoms with Crippen LogP contribution in [0.5, 0.6) is 0 Å². The summed E-state index contributed by atoms with van der Waals surface area (Å²) in [5.74, 6) is 2.26. The molecular weight excluding hydrogens is 697 g/mol. The van der Waals surface area contributed by atoms with Gasteiger partial charge in [0.2, 0.25) is 5.91 Å². The van der Waals surface area contributed by atoms with Gasteiger partial charge < -0.3 is 36.3 Å². The number of unbranched alkanes of at least 4 members (excludes halogenated alkanes) is 6. The lowest BCUT2D eigenvalue weighted by Gasteiger charge is -2.48. The SMILES string of the molecule is CCCCCCN(CCCCCC)C(=O)CC[C@@H](C)[C@H]1CC[C@@H](C)[C@]1(C)[C@H](C[C@@H](C[C@@H](CC)OCCCN)C(C)(C)CC[C@H](CC)OCCCN)OCCCN. The quantitative estimate of drug-likeness (QED) is 0.0535. The van der Waals surface area contributed by atoms with Crippen molar-refractivity contribution in [3.63, 3.8) is 0 Å². The summed E-state index contributed by atoms with van der Waals surface area (Å²) in [7, 11) is 0. The maximum Gasteiger partial charge on any atom is 0.222 e. The first-order chi connectivity index (χ1) is 26.9. The molecule has 8 heteroatoms. The van der Waals surface area contributed by atoms with Crippen LogP contribution in [0.3, 0.4) is 0 Å². The van der Waals surface area contributed by atoms with Crippen LogP contribution in [-0.2, 0) is 19.0 Å². The van der Waals surface area contributed by atoms with Crippen LogP contribution in [0, 0.1) is 34.5 Å². The maximum atomic E-state index is 13.9. The van der Waals surface area contributed by atoms with E-state index in [1.54, 1.807) is 0 Å². The summed E-state index contributed by atoms with van der Waals surface area (Å²) >= 11 is 0. The molecule has 6 N–H and O–H groups in total. The van der Waals surface area contributed by atoms with Gasteiger partial charge in [0.25, 0.3) is 0 Å². The largest absolute Gasteiger partial charge is 0.378 e. The molecule has 0 unspecified atom stereocenters. The van der Waals surface area contributed by atoms with Crippen molar-refractivity contribution in [3.8, 4) is 0 Å². The van der Waals surface area contributed by atoms with Gasteiger partial charge >= 0.3 is 0 Å². The summed E-state index contributed by atoms with van der Waals surface area (Å²) in [6.45, 7) is 27.4. The minimum atomic E-state index is 0.00475. The normalized spacial score (nSPS) is 21.6. The smallest absolute Gasteiger partial charge is 0.222 e. The molecule has 1 saturated carbocycles. The molecule has 0 aromatic rings. The molecule has 0 aliphatic heterocycles. The molecule has 0 bridgehead atoms. The molecule has 0 aromatic carbocycles. The maximum absolute atomic E-state index is 13.9. The highest BCUT2D eigenvalue weighted by molar-refractivity contribution is 5.76. The lowest BCUT2D eigenvalue weighted by molar-refractivity contribution is -0.132. The van der Waals surface area contributed by atoms with Crippen LogP contribution in [-0.4, -0.2) is 81.7 Å². The summed E-state index contributed by atoms with van der Waals surface area (Å²) < 4.78 is 19.9. The molecule has 8 nitrogen and oxygen atoms in total. The van der Waals surface area contributed by atoms with E-state index in [1.807, 2.05) is 0 Å². The van der Waals surface area contributed by atoms with Crippen molar-refractivity contribution in [3.05, 3.63) is 0 Å². The van der Waals surface area contributed by atoms with Crippen molar-refractivity contribution in [2.75, 3.05) is 52.5 Å². The van der Waals surface area contributed by atoms with E-state index in [-0.39, 0.29) is 29.1 Å². The van der Waals surface area contributed by atoms with E-state index in [0.717, 1.165) is 96.7 Å². The Morgan fingerprint density at radius 1 is 0.732 bits per heavy atom. The first-order valence-corrected chi connectivity index (χ1v) is 24.1. The second-order valence-electron chi connectivity index (χ2n) is 18.8. The van der Waals surface area contributed by atoms with E-state index in [4.69, 9.17) is 31.4 Å². The van der Waals surface area contributed by atoms with E-state index in [0.29, 0.717) is 68.8 Å². The van der Waals surface area contributed by atoms with Crippen molar-refractivity contribution in [2.24, 2.45) is 51.7 Å². The number of hydrogen-bond acceptors (Lipinski definition) is 7. The van der Waals surface area contributed by atoms with Gasteiger partial charge in [-0.3, -0.25) is 4.79 Å². The van der Waals surface area contributed by atoms with Crippen molar-refractivity contribution < 1.29 is 19.0 Å². The van der Waals surface area contributed by atoms with Gasteiger partial charge in [-0.25, -0.2) is 0 Å². The number of carbonyl (C=O) groups excluding carboxylic acids is 1. The average Bonchev–Trinajstić information content (AvgIpc) is 3.49. The topological polar surface area (TPSA) is 126 Å². The number of carbonyl (C=O) groups is 1. The fraction of sp³-hybridized carbons (Fsp3) is 0.979. The molecule has 1 amide bonds. The van der Waals surface area contributed by atoms with Gasteiger partial charge in [-0.1, -0.05) is 101 Å². The summed E-state index contributed by atoms with van der Waals surface area (Å²) in [6.07, 6.45) is 23.0. The molecule has 56 heavy (non-hydrogen) atoms. The zero-order chi connectivity index (χ0) is 41.8. The van der Waals surface area contributed by atoms with E-state index in [9.17, 15) is 4.79 Å². The molecular formula is C48H98N4O4. The predicted octanol–water partition coefficient (Wildman–Crippen LogP) is 10.7. The van der Waals surface area contributed by atoms with Gasteiger partial charge in [-0.15, -0.1) is 0 Å². The molecule has 0 heterocycles. The fourth-order valence-corrected chi connectivity index (χ4v) is 9.68. The zero-order valence-corrected chi connectivity index (χ0v) is 38.9. The van der Waals surface area contributed by atoms with Gasteiger partial charge in [-0.05, 0) is 144 Å². The zero-order valence-electron chi connectivity index (χ0n) is 38.9. The van der Waals surface area contributed by atoms with Crippen molar-refractivity contribution in [2.45, 2.75) is 215 Å². The van der Waals surface area contributed by atoms with E-state index < -0.39 is 0 Å². The second kappa shape index (κ2) is 31.2. The lowest BCUT2D eigenvalue weighted by atomic mass is 9.61. The van der Waals surface area contributed by atoms with Crippen LogP contribution in [0.2, 0.25) is 0 Å². The number of nitrogens with two attached hydrogens (primary N) is 3. The number of hydrogen-bond donors (Lipinski definition) is 3. The van der Waals surface area contributed by atoms with Gasteiger partial charge in [-0.2, -0.15) is 0 Å². The molecule has 0 radical (unpaired) electrons. The molecule has 334 valence electrons. The highest BCUT2D eigenvalue weighted by Gasteiger charge is 2.53. The molecule has 1 rings (SSSR count). The van der Waals surface area contributed by atoms with Crippen molar-refractivity contribution >= 4 is 5.91 Å². The number of amides is 1. The van der Waals surface area contributed by atoms with E-state index in [2.05, 4.69) is 67.2 Å². The molecule has 0 spiro atoms. The molecule has 1 aliphatic rings. The molecule has 0 aromatic heterocycles. The van der Waals surface area contributed by atoms with Gasteiger partial charge in [0, 0.05) is 39.3 Å². The van der Waals surface area contributed by atoms with Crippen molar-refractivity contribution in [1.82, 2.24) is 4.90 Å². The van der Waals surface area contributed by atoms with Crippen molar-refractivity contribution in [1.29, 1.82) is 0 Å². The Morgan fingerprint density at radius 3 is 1.79 bits per heavy atom. The Hall–Kier alpha value is -0.770. The van der Waals surface area contributed by atoms with E-state index >= 15 is 0 Å².